The summed E-state index contributed by atoms with van der Waals surface area (Å²) in [6.07, 6.45) is 6.18. The van der Waals surface area contributed by atoms with Gasteiger partial charge >= 0.3 is 0 Å². The van der Waals surface area contributed by atoms with E-state index in [0.29, 0.717) is 6.16 Å². The lowest BCUT2D eigenvalue weighted by Crippen LogP contribution is -2.15. The molecule has 2 N–H and O–H groups in total. The van der Waals surface area contributed by atoms with Crippen LogP contribution in [0.4, 0.5) is 0 Å². The predicted octanol–water partition coefficient (Wildman–Crippen LogP) is 6.82. The minimum absolute atomic E-state index is 0.381. The molecule has 0 saturated carbocycles. The summed E-state index contributed by atoms with van der Waals surface area (Å²) in [7, 11) is -2.86. The lowest BCUT2D eigenvalue weighted by molar-refractivity contribution is 0.481. The fourth-order valence-corrected chi connectivity index (χ4v) is 4.20. The maximum absolute atomic E-state index is 11.2. The van der Waals surface area contributed by atoms with Crippen molar-refractivity contribution in [3.63, 3.8) is 0 Å². The van der Waals surface area contributed by atoms with Crippen LogP contribution in [0.25, 0.3) is 11.1 Å². The van der Waals surface area contributed by atoms with E-state index in [2.05, 4.69) is 73.1 Å². The third-order valence-electron chi connectivity index (χ3n) is 4.73. The van der Waals surface area contributed by atoms with Gasteiger partial charge in [0, 0.05) is 25.1 Å². The number of hydrogen-bond donors (Lipinski definition) is 2. The van der Waals surface area contributed by atoms with Crippen molar-refractivity contribution in [1.29, 1.82) is 5.26 Å². The van der Waals surface area contributed by atoms with E-state index in [4.69, 9.17) is 5.26 Å². The third-order valence-corrected chi connectivity index (χ3v) is 6.49. The van der Waals surface area contributed by atoms with Crippen molar-refractivity contribution in [3.05, 3.63) is 59.7 Å². The molecule has 4 nitrogen and oxygen atoms in total. The van der Waals surface area contributed by atoms with Crippen LogP contribution in [0.1, 0.15) is 50.2 Å². The van der Waals surface area contributed by atoms with Crippen LogP contribution in [0, 0.1) is 17.6 Å². The monoisotopic (exact) mass is 460 g/mol. The van der Waals surface area contributed by atoms with E-state index in [1.807, 2.05) is 0 Å². The van der Waals surface area contributed by atoms with Crippen LogP contribution < -0.4 is 5.32 Å². The molecule has 0 aliphatic heterocycles. The van der Waals surface area contributed by atoms with Crippen molar-refractivity contribution in [2.45, 2.75) is 52.5 Å². The molecule has 2 aromatic carbocycles. The fourth-order valence-electron chi connectivity index (χ4n) is 3.02. The fraction of sp³-hybridized carbons (Fsp3) is 0.480. The second kappa shape index (κ2) is 16.1. The van der Waals surface area contributed by atoms with E-state index in [9.17, 15) is 9.46 Å². The topological polar surface area (TPSA) is 73.1 Å². The first-order valence-electron chi connectivity index (χ1n) is 11.0. The molecule has 0 bridgehead atoms. The van der Waals surface area contributed by atoms with Gasteiger partial charge < -0.3 is 10.2 Å². The van der Waals surface area contributed by atoms with Gasteiger partial charge in [-0.25, -0.2) is 0 Å². The Hall–Kier alpha value is -1.57. The van der Waals surface area contributed by atoms with E-state index in [1.54, 1.807) is 0 Å². The van der Waals surface area contributed by atoms with Gasteiger partial charge in [0.2, 0.25) is 0 Å². The van der Waals surface area contributed by atoms with E-state index < -0.39 is 7.37 Å². The SMILES string of the molecule is CCCCCCSC#N.Cc1cccc(-c2ccc(CNCCCP(C)(=O)O)cc2)c1. The number of benzene rings is 2. The molecule has 170 valence electrons. The van der Waals surface area contributed by atoms with E-state index in [1.165, 1.54) is 66.4 Å². The first kappa shape index (κ1) is 27.5. The molecule has 1 atom stereocenters. The maximum atomic E-state index is 11.2. The number of thioether (sulfide) groups is 1. The Kier molecular flexibility index (Phi) is 14.3. The minimum Gasteiger partial charge on any atom is -0.344 e. The zero-order valence-corrected chi connectivity index (χ0v) is 20.9. The lowest BCUT2D eigenvalue weighted by Gasteiger charge is -2.08. The highest BCUT2D eigenvalue weighted by molar-refractivity contribution is 8.03. The highest BCUT2D eigenvalue weighted by atomic mass is 32.2. The smallest absolute Gasteiger partial charge is 0.197 e. The van der Waals surface area contributed by atoms with Crippen LogP contribution in [0.15, 0.2) is 48.5 Å². The minimum atomic E-state index is -2.86. The van der Waals surface area contributed by atoms with Gasteiger partial charge in [-0.05, 0) is 54.8 Å². The third kappa shape index (κ3) is 14.2. The van der Waals surface area contributed by atoms with Crippen LogP contribution in [-0.4, -0.2) is 30.0 Å². The van der Waals surface area contributed by atoms with Gasteiger partial charge in [-0.15, -0.1) is 0 Å². The first-order valence-corrected chi connectivity index (χ1v) is 14.3. The summed E-state index contributed by atoms with van der Waals surface area (Å²) >= 11 is 1.36. The van der Waals surface area contributed by atoms with Crippen LogP contribution in [0.5, 0.6) is 0 Å². The average Bonchev–Trinajstić information content (AvgIpc) is 2.74. The summed E-state index contributed by atoms with van der Waals surface area (Å²) < 4.78 is 11.2. The van der Waals surface area contributed by atoms with Crippen molar-refractivity contribution in [2.24, 2.45) is 0 Å². The Morgan fingerprint density at radius 1 is 1.06 bits per heavy atom. The van der Waals surface area contributed by atoms with Crippen molar-refractivity contribution >= 4 is 19.1 Å². The summed E-state index contributed by atoms with van der Waals surface area (Å²) in [5, 5.41) is 13.5. The zero-order valence-electron chi connectivity index (χ0n) is 19.1. The summed E-state index contributed by atoms with van der Waals surface area (Å²) in [6, 6.07) is 17.0. The number of thiocyanates is 1. The molecule has 0 aromatic heterocycles. The standard InChI is InChI=1S/C18H24NO2P.C7H13NS/c1-15-5-3-6-18(13-15)17-9-7-16(8-10-17)14-19-11-4-12-22(2,20)21;1-2-3-4-5-6-9-7-8/h3,5-10,13,19H,4,11-12,14H2,1-2H3,(H,20,21);2-6H2,1H3. The Labute approximate surface area is 192 Å². The number of hydrogen-bond acceptors (Lipinski definition) is 4. The van der Waals surface area contributed by atoms with Crippen molar-refractivity contribution < 1.29 is 9.46 Å². The number of aryl methyl sites for hydroxylation is 1. The quantitative estimate of drug-likeness (QED) is 0.206. The molecular formula is C25H37N2O2PS. The zero-order chi connectivity index (χ0) is 23.0. The molecule has 1 unspecified atom stereocenters. The highest BCUT2D eigenvalue weighted by Crippen LogP contribution is 2.35. The van der Waals surface area contributed by atoms with Crippen LogP contribution in [-0.2, 0) is 11.1 Å². The van der Waals surface area contributed by atoms with Crippen LogP contribution in [0.3, 0.4) is 0 Å². The number of unbranched alkanes of at least 4 members (excludes halogenated alkanes) is 3. The van der Waals surface area contributed by atoms with E-state index in [0.717, 1.165) is 25.3 Å². The molecule has 0 aliphatic rings. The van der Waals surface area contributed by atoms with Crippen molar-refractivity contribution in [1.82, 2.24) is 5.32 Å². The molecule has 0 amide bonds. The largest absolute Gasteiger partial charge is 0.344 e. The average molecular weight is 461 g/mol. The maximum Gasteiger partial charge on any atom is 0.197 e. The second-order valence-electron chi connectivity index (χ2n) is 7.87. The van der Waals surface area contributed by atoms with Crippen molar-refractivity contribution in [2.75, 3.05) is 25.1 Å². The van der Waals surface area contributed by atoms with Crippen molar-refractivity contribution in [3.8, 4) is 16.5 Å². The molecule has 0 heterocycles. The summed E-state index contributed by atoms with van der Waals surface area (Å²) in [5.41, 5.74) is 4.95. The van der Waals surface area contributed by atoms with E-state index >= 15 is 0 Å². The van der Waals surface area contributed by atoms with Crippen LogP contribution >= 0.6 is 19.1 Å². The van der Waals surface area contributed by atoms with Gasteiger partial charge in [-0.3, -0.25) is 4.57 Å². The van der Waals surface area contributed by atoms with Gasteiger partial charge in [0.05, 0.1) is 0 Å². The van der Waals surface area contributed by atoms with Gasteiger partial charge in [0.1, 0.15) is 5.40 Å². The second-order valence-corrected chi connectivity index (χ2v) is 11.3. The van der Waals surface area contributed by atoms with E-state index in [-0.39, 0.29) is 0 Å². The molecule has 0 fully saturated rings. The first-order chi connectivity index (χ1) is 14.9. The number of nitriles is 1. The summed E-state index contributed by atoms with van der Waals surface area (Å²) in [5.74, 6) is 1.01. The summed E-state index contributed by atoms with van der Waals surface area (Å²) in [6.45, 7) is 7.25. The van der Waals surface area contributed by atoms with Gasteiger partial charge in [0.15, 0.2) is 7.37 Å². The molecule has 6 heteroatoms. The Morgan fingerprint density at radius 3 is 2.42 bits per heavy atom. The number of nitrogens with zero attached hydrogens (tertiary/aromatic N) is 1. The molecular weight excluding hydrogens is 423 g/mol. The molecule has 31 heavy (non-hydrogen) atoms. The molecule has 0 saturated heterocycles. The van der Waals surface area contributed by atoms with Gasteiger partial charge in [0.25, 0.3) is 0 Å². The Bertz CT molecular complexity index is 828. The summed E-state index contributed by atoms with van der Waals surface area (Å²) in [4.78, 5) is 9.22. The molecule has 0 radical (unpaired) electrons. The van der Waals surface area contributed by atoms with Gasteiger partial charge in [-0.1, -0.05) is 80.3 Å². The number of rotatable bonds is 12. The number of nitrogens with one attached hydrogen (secondary N) is 1. The normalized spacial score (nSPS) is 12.4. The molecule has 0 aliphatic carbocycles. The molecule has 2 rings (SSSR count). The predicted molar refractivity (Wildman–Crippen MR) is 136 cm³/mol. The highest BCUT2D eigenvalue weighted by Gasteiger charge is 2.07. The lowest BCUT2D eigenvalue weighted by atomic mass is 10.0. The molecule has 2 aromatic rings. The van der Waals surface area contributed by atoms with Gasteiger partial charge in [-0.2, -0.15) is 5.26 Å². The van der Waals surface area contributed by atoms with Crippen LogP contribution in [0.2, 0.25) is 0 Å². The molecule has 0 spiro atoms. The Balaban J connectivity index is 0.000000452. The Morgan fingerprint density at radius 2 is 1.81 bits per heavy atom.